The van der Waals surface area contributed by atoms with Gasteiger partial charge in [0.1, 0.15) is 11.5 Å². The quantitative estimate of drug-likeness (QED) is 0.658. The van der Waals surface area contributed by atoms with Crippen LogP contribution < -0.4 is 0 Å². The molecule has 0 saturated carbocycles. The molecule has 0 atom stereocenters. The predicted octanol–water partition coefficient (Wildman–Crippen LogP) is 1.47. The maximum absolute atomic E-state index is 9.40. The first-order valence-corrected chi connectivity index (χ1v) is 3.54. The standard InChI is InChI=1S/C9H9NO2/c1-6-8(11)3-2-7(4-5-10)9(6)12/h2-3,11-12H,4H2,1H3. The summed E-state index contributed by atoms with van der Waals surface area (Å²) in [7, 11) is 0. The maximum Gasteiger partial charge on any atom is 0.126 e. The molecule has 0 amide bonds. The third-order valence-electron chi connectivity index (χ3n) is 1.76. The molecule has 3 nitrogen and oxygen atoms in total. The van der Waals surface area contributed by atoms with E-state index in [9.17, 15) is 5.11 Å². The van der Waals surface area contributed by atoms with Gasteiger partial charge in [0.25, 0.3) is 0 Å². The summed E-state index contributed by atoms with van der Waals surface area (Å²) < 4.78 is 0. The molecule has 2 N–H and O–H groups in total. The molecule has 0 fully saturated rings. The van der Waals surface area contributed by atoms with E-state index in [1.54, 1.807) is 13.0 Å². The van der Waals surface area contributed by atoms with E-state index in [2.05, 4.69) is 0 Å². The van der Waals surface area contributed by atoms with E-state index >= 15 is 0 Å². The Morgan fingerprint density at radius 1 is 1.42 bits per heavy atom. The van der Waals surface area contributed by atoms with Crippen molar-refractivity contribution in [3.05, 3.63) is 23.3 Å². The van der Waals surface area contributed by atoms with Crippen molar-refractivity contribution in [2.45, 2.75) is 13.3 Å². The summed E-state index contributed by atoms with van der Waals surface area (Å²) in [5, 5.41) is 26.9. The Bertz CT molecular complexity index is 339. The Morgan fingerprint density at radius 2 is 2.08 bits per heavy atom. The lowest BCUT2D eigenvalue weighted by molar-refractivity contribution is 0.440. The number of phenols is 2. The second kappa shape index (κ2) is 3.14. The van der Waals surface area contributed by atoms with E-state index in [4.69, 9.17) is 10.4 Å². The Morgan fingerprint density at radius 3 is 2.67 bits per heavy atom. The third kappa shape index (κ3) is 1.32. The molecule has 0 aliphatic heterocycles. The lowest BCUT2D eigenvalue weighted by Crippen LogP contribution is -1.85. The third-order valence-corrected chi connectivity index (χ3v) is 1.76. The SMILES string of the molecule is Cc1c(O)ccc(CC#N)c1O. The summed E-state index contributed by atoms with van der Waals surface area (Å²) in [5.41, 5.74) is 0.968. The second-order valence-corrected chi connectivity index (χ2v) is 2.55. The normalized spacial score (nSPS) is 9.33. The van der Waals surface area contributed by atoms with Gasteiger partial charge in [-0.15, -0.1) is 0 Å². The number of benzene rings is 1. The first-order valence-electron chi connectivity index (χ1n) is 3.54. The number of phenolic OH excluding ortho intramolecular Hbond substituents is 2. The first-order chi connectivity index (χ1) is 5.66. The Hall–Kier alpha value is -1.69. The van der Waals surface area contributed by atoms with Crippen molar-refractivity contribution in [2.24, 2.45) is 0 Å². The molecule has 62 valence electrons. The summed E-state index contributed by atoms with van der Waals surface area (Å²) in [5.74, 6) is 0.0609. The van der Waals surface area contributed by atoms with Crippen LogP contribution in [0.4, 0.5) is 0 Å². The van der Waals surface area contributed by atoms with Gasteiger partial charge in [0.2, 0.25) is 0 Å². The van der Waals surface area contributed by atoms with Crippen LogP contribution in [0.2, 0.25) is 0 Å². The van der Waals surface area contributed by atoms with E-state index in [0.29, 0.717) is 11.1 Å². The molecule has 12 heavy (non-hydrogen) atoms. The fraction of sp³-hybridized carbons (Fsp3) is 0.222. The molecule has 0 aliphatic rings. The topological polar surface area (TPSA) is 64.2 Å². The molecule has 0 unspecified atom stereocenters. The molecule has 3 heteroatoms. The summed E-state index contributed by atoms with van der Waals surface area (Å²) in [4.78, 5) is 0. The molecule has 0 spiro atoms. The highest BCUT2D eigenvalue weighted by Gasteiger charge is 2.06. The van der Waals surface area contributed by atoms with E-state index in [1.165, 1.54) is 6.07 Å². The van der Waals surface area contributed by atoms with Gasteiger partial charge < -0.3 is 10.2 Å². The Labute approximate surface area is 70.5 Å². The zero-order chi connectivity index (χ0) is 9.14. The van der Waals surface area contributed by atoms with Gasteiger partial charge in [0.15, 0.2) is 0 Å². The zero-order valence-corrected chi connectivity index (χ0v) is 6.70. The lowest BCUT2D eigenvalue weighted by Gasteiger charge is -2.04. The van der Waals surface area contributed by atoms with Gasteiger partial charge in [-0.3, -0.25) is 0 Å². The van der Waals surface area contributed by atoms with Crippen LogP contribution in [0, 0.1) is 18.3 Å². The Kier molecular flexibility index (Phi) is 2.20. The first kappa shape index (κ1) is 8.41. The highest BCUT2D eigenvalue weighted by molar-refractivity contribution is 5.48. The van der Waals surface area contributed by atoms with Gasteiger partial charge in [-0.25, -0.2) is 0 Å². The molecule has 1 aromatic rings. The molecule has 0 aliphatic carbocycles. The summed E-state index contributed by atoms with van der Waals surface area (Å²) >= 11 is 0. The van der Waals surface area contributed by atoms with Crippen molar-refractivity contribution in [2.75, 3.05) is 0 Å². The predicted molar refractivity (Wildman–Crippen MR) is 43.8 cm³/mol. The molecule has 0 heterocycles. The Balaban J connectivity index is 3.19. The number of rotatable bonds is 1. The van der Waals surface area contributed by atoms with Gasteiger partial charge in [-0.05, 0) is 13.0 Å². The van der Waals surface area contributed by atoms with Crippen molar-refractivity contribution in [1.82, 2.24) is 0 Å². The average Bonchev–Trinajstić information content (AvgIpc) is 2.07. The van der Waals surface area contributed by atoms with E-state index in [1.807, 2.05) is 6.07 Å². The summed E-state index contributed by atoms with van der Waals surface area (Å²) in [6.07, 6.45) is 0.160. The van der Waals surface area contributed by atoms with Crippen LogP contribution in [0.25, 0.3) is 0 Å². The fourth-order valence-electron chi connectivity index (χ4n) is 0.973. The summed E-state index contributed by atoms with van der Waals surface area (Å²) in [6, 6.07) is 4.95. The average molecular weight is 163 g/mol. The maximum atomic E-state index is 9.40. The lowest BCUT2D eigenvalue weighted by atomic mass is 10.1. The number of aromatic hydroxyl groups is 2. The number of hydrogen-bond acceptors (Lipinski definition) is 3. The minimum atomic E-state index is 0.0107. The second-order valence-electron chi connectivity index (χ2n) is 2.55. The van der Waals surface area contributed by atoms with Gasteiger partial charge in [0, 0.05) is 11.1 Å². The zero-order valence-electron chi connectivity index (χ0n) is 6.70. The molecular formula is C9H9NO2. The summed E-state index contributed by atoms with van der Waals surface area (Å²) in [6.45, 7) is 1.60. The van der Waals surface area contributed by atoms with Crippen molar-refractivity contribution in [3.63, 3.8) is 0 Å². The van der Waals surface area contributed by atoms with Gasteiger partial charge >= 0.3 is 0 Å². The minimum absolute atomic E-state index is 0.0107. The number of nitriles is 1. The molecule has 1 rings (SSSR count). The van der Waals surface area contributed by atoms with E-state index < -0.39 is 0 Å². The van der Waals surface area contributed by atoms with Crippen molar-refractivity contribution >= 4 is 0 Å². The number of hydrogen-bond donors (Lipinski definition) is 2. The van der Waals surface area contributed by atoms with E-state index in [-0.39, 0.29) is 17.9 Å². The molecular weight excluding hydrogens is 154 g/mol. The van der Waals surface area contributed by atoms with Gasteiger partial charge in [-0.2, -0.15) is 5.26 Å². The molecule has 0 bridgehead atoms. The van der Waals surface area contributed by atoms with Crippen molar-refractivity contribution in [1.29, 1.82) is 5.26 Å². The largest absolute Gasteiger partial charge is 0.508 e. The van der Waals surface area contributed by atoms with Crippen molar-refractivity contribution in [3.8, 4) is 17.6 Å². The highest BCUT2D eigenvalue weighted by Crippen LogP contribution is 2.29. The monoisotopic (exact) mass is 163 g/mol. The van der Waals surface area contributed by atoms with Gasteiger partial charge in [-0.1, -0.05) is 6.07 Å². The smallest absolute Gasteiger partial charge is 0.126 e. The van der Waals surface area contributed by atoms with Crippen LogP contribution in [-0.4, -0.2) is 10.2 Å². The van der Waals surface area contributed by atoms with Crippen molar-refractivity contribution < 1.29 is 10.2 Å². The highest BCUT2D eigenvalue weighted by atomic mass is 16.3. The molecule has 0 aromatic heterocycles. The van der Waals surface area contributed by atoms with Crippen LogP contribution in [0.15, 0.2) is 12.1 Å². The van der Waals surface area contributed by atoms with Crippen LogP contribution in [0.1, 0.15) is 11.1 Å². The van der Waals surface area contributed by atoms with Crippen LogP contribution in [0.5, 0.6) is 11.5 Å². The number of nitrogens with zero attached hydrogens (tertiary/aromatic N) is 1. The molecule has 0 radical (unpaired) electrons. The van der Waals surface area contributed by atoms with Crippen LogP contribution >= 0.6 is 0 Å². The molecule has 0 saturated heterocycles. The fourth-order valence-corrected chi connectivity index (χ4v) is 0.973. The van der Waals surface area contributed by atoms with Crippen LogP contribution in [-0.2, 0) is 6.42 Å². The van der Waals surface area contributed by atoms with Gasteiger partial charge in [0.05, 0.1) is 12.5 Å². The van der Waals surface area contributed by atoms with E-state index in [0.717, 1.165) is 0 Å². The minimum Gasteiger partial charge on any atom is -0.508 e. The van der Waals surface area contributed by atoms with Crippen LogP contribution in [0.3, 0.4) is 0 Å². The molecule has 1 aromatic carbocycles.